The van der Waals surface area contributed by atoms with Crippen molar-refractivity contribution in [2.45, 2.75) is 0 Å². The fraction of sp³-hybridized carbons (Fsp3) is 0.200. The number of carbonyl (C=O) groups excluding carboxylic acids is 1. The average Bonchev–Trinajstić information content (AvgIpc) is 2.26. The summed E-state index contributed by atoms with van der Waals surface area (Å²) in [5, 5.41) is 2.00. The van der Waals surface area contributed by atoms with Crippen LogP contribution in [0.25, 0.3) is 0 Å². The Morgan fingerprint density at radius 1 is 1.19 bits per heavy atom. The summed E-state index contributed by atoms with van der Waals surface area (Å²) in [5.74, 6) is -0.233. The second-order valence-corrected chi connectivity index (χ2v) is 3.69. The summed E-state index contributed by atoms with van der Waals surface area (Å²) in [6.07, 6.45) is 0. The van der Waals surface area contributed by atoms with Gasteiger partial charge in [-0.1, -0.05) is 18.2 Å². The molecule has 0 aliphatic heterocycles. The molecule has 0 saturated heterocycles. The molecule has 5 nitrogen and oxygen atoms in total. The van der Waals surface area contributed by atoms with Crippen LogP contribution in [0.15, 0.2) is 30.3 Å². The van der Waals surface area contributed by atoms with Crippen LogP contribution in [0.2, 0.25) is 0 Å². The van der Waals surface area contributed by atoms with Gasteiger partial charge in [-0.3, -0.25) is 21.1 Å². The van der Waals surface area contributed by atoms with Gasteiger partial charge in [0.1, 0.15) is 0 Å². The number of hydrogen-bond acceptors (Lipinski definition) is 3. The van der Waals surface area contributed by atoms with Crippen molar-refractivity contribution < 1.29 is 4.79 Å². The van der Waals surface area contributed by atoms with E-state index in [0.717, 1.165) is 0 Å². The topological polar surface area (TPSA) is 56.4 Å². The molecular weight excluding hydrogens is 224 g/mol. The van der Waals surface area contributed by atoms with E-state index in [1.165, 1.54) is 0 Å². The molecule has 1 amide bonds. The van der Waals surface area contributed by atoms with Gasteiger partial charge in [0, 0.05) is 19.7 Å². The molecule has 0 atom stereocenters. The second-order valence-electron chi connectivity index (χ2n) is 3.28. The molecule has 0 unspecified atom stereocenters. The van der Waals surface area contributed by atoms with Crippen LogP contribution in [0.5, 0.6) is 0 Å². The van der Waals surface area contributed by atoms with Crippen molar-refractivity contribution in [1.82, 2.24) is 21.3 Å². The summed E-state index contributed by atoms with van der Waals surface area (Å²) in [4.78, 5) is 11.6. The van der Waals surface area contributed by atoms with Gasteiger partial charge in [0.15, 0.2) is 5.11 Å². The van der Waals surface area contributed by atoms with E-state index in [0.29, 0.717) is 10.7 Å². The Morgan fingerprint density at radius 3 is 2.38 bits per heavy atom. The molecular formula is C10H14N4OS. The summed E-state index contributed by atoms with van der Waals surface area (Å²) in [7, 11) is 3.60. The van der Waals surface area contributed by atoms with Gasteiger partial charge in [0.2, 0.25) is 0 Å². The first-order valence-electron chi connectivity index (χ1n) is 4.69. The summed E-state index contributed by atoms with van der Waals surface area (Å²) in [6.45, 7) is 0. The number of thiocarbonyl (C=S) groups is 1. The van der Waals surface area contributed by atoms with Crippen LogP contribution in [0.3, 0.4) is 0 Å². The van der Waals surface area contributed by atoms with E-state index >= 15 is 0 Å². The Labute approximate surface area is 99.8 Å². The highest BCUT2D eigenvalue weighted by molar-refractivity contribution is 7.80. The molecule has 6 heteroatoms. The molecule has 1 aromatic carbocycles. The van der Waals surface area contributed by atoms with Gasteiger partial charge in [0.05, 0.1) is 0 Å². The Kier molecular flexibility index (Phi) is 4.68. The summed E-state index contributed by atoms with van der Waals surface area (Å²) in [6, 6.07) is 8.89. The van der Waals surface area contributed by atoms with Crippen molar-refractivity contribution in [3.05, 3.63) is 35.9 Å². The Hall–Kier alpha value is -1.66. The number of hydrazine groups is 2. The normalized spacial score (nSPS) is 9.69. The summed E-state index contributed by atoms with van der Waals surface area (Å²) < 4.78 is 0. The third-order valence-electron chi connectivity index (χ3n) is 1.65. The monoisotopic (exact) mass is 238 g/mol. The standard InChI is InChI=1S/C10H14N4OS/c1-14(2)13-10(16)12-11-9(15)8-6-4-3-5-7-8/h3-7H,1-2H3,(H,11,15)(H2,12,13,16). The van der Waals surface area contributed by atoms with Crippen molar-refractivity contribution in [2.75, 3.05) is 14.1 Å². The Balaban J connectivity index is 2.39. The zero-order valence-corrected chi connectivity index (χ0v) is 9.97. The minimum Gasteiger partial charge on any atom is -0.295 e. The quantitative estimate of drug-likeness (QED) is 0.510. The molecule has 0 aromatic heterocycles. The summed E-state index contributed by atoms with van der Waals surface area (Å²) >= 11 is 4.92. The van der Waals surface area contributed by atoms with Crippen LogP contribution in [-0.4, -0.2) is 30.1 Å². The molecule has 0 bridgehead atoms. The van der Waals surface area contributed by atoms with Crippen molar-refractivity contribution >= 4 is 23.2 Å². The highest BCUT2D eigenvalue weighted by Gasteiger charge is 2.04. The van der Waals surface area contributed by atoms with Crippen molar-refractivity contribution in [3.63, 3.8) is 0 Å². The second kappa shape index (κ2) is 6.04. The van der Waals surface area contributed by atoms with Crippen molar-refractivity contribution in [3.8, 4) is 0 Å². The Morgan fingerprint density at radius 2 is 1.81 bits per heavy atom. The van der Waals surface area contributed by atoms with Gasteiger partial charge in [-0.2, -0.15) is 0 Å². The third kappa shape index (κ3) is 4.24. The van der Waals surface area contributed by atoms with E-state index in [4.69, 9.17) is 12.2 Å². The molecule has 0 spiro atoms. The zero-order valence-electron chi connectivity index (χ0n) is 9.15. The maximum absolute atomic E-state index is 11.6. The van der Waals surface area contributed by atoms with Gasteiger partial charge in [-0.05, 0) is 24.4 Å². The van der Waals surface area contributed by atoms with Gasteiger partial charge >= 0.3 is 0 Å². The van der Waals surface area contributed by atoms with E-state index in [2.05, 4.69) is 16.3 Å². The van der Waals surface area contributed by atoms with Crippen molar-refractivity contribution in [1.29, 1.82) is 0 Å². The average molecular weight is 238 g/mol. The van der Waals surface area contributed by atoms with Crippen LogP contribution >= 0.6 is 12.2 Å². The lowest BCUT2D eigenvalue weighted by Gasteiger charge is -2.15. The zero-order chi connectivity index (χ0) is 12.0. The number of nitrogens with zero attached hydrogens (tertiary/aromatic N) is 1. The van der Waals surface area contributed by atoms with Gasteiger partial charge < -0.3 is 0 Å². The smallest absolute Gasteiger partial charge is 0.269 e. The van der Waals surface area contributed by atoms with Crippen LogP contribution in [0.4, 0.5) is 0 Å². The largest absolute Gasteiger partial charge is 0.295 e. The fourth-order valence-corrected chi connectivity index (χ4v) is 1.24. The lowest BCUT2D eigenvalue weighted by atomic mass is 10.2. The molecule has 16 heavy (non-hydrogen) atoms. The van der Waals surface area contributed by atoms with Crippen LogP contribution in [0.1, 0.15) is 10.4 Å². The first-order chi connectivity index (χ1) is 7.59. The van der Waals surface area contributed by atoms with Crippen molar-refractivity contribution in [2.24, 2.45) is 0 Å². The lowest BCUT2D eigenvalue weighted by molar-refractivity contribution is 0.0943. The SMILES string of the molecule is CN(C)NC(=S)NNC(=O)c1ccccc1. The van der Waals surface area contributed by atoms with Crippen LogP contribution in [-0.2, 0) is 0 Å². The molecule has 1 rings (SSSR count). The van der Waals surface area contributed by atoms with E-state index < -0.39 is 0 Å². The first kappa shape index (κ1) is 12.4. The lowest BCUT2D eigenvalue weighted by Crippen LogP contribution is -2.50. The molecule has 0 radical (unpaired) electrons. The number of rotatable bonds is 2. The van der Waals surface area contributed by atoms with E-state index in [-0.39, 0.29) is 5.91 Å². The molecule has 0 heterocycles. The highest BCUT2D eigenvalue weighted by atomic mass is 32.1. The van der Waals surface area contributed by atoms with E-state index in [1.807, 2.05) is 6.07 Å². The molecule has 86 valence electrons. The van der Waals surface area contributed by atoms with Gasteiger partial charge in [0.25, 0.3) is 5.91 Å². The van der Waals surface area contributed by atoms with E-state index in [9.17, 15) is 4.79 Å². The fourth-order valence-electron chi connectivity index (χ4n) is 1.01. The van der Waals surface area contributed by atoms with E-state index in [1.54, 1.807) is 43.4 Å². The molecule has 0 aliphatic rings. The predicted molar refractivity (Wildman–Crippen MR) is 66.5 cm³/mol. The molecule has 3 N–H and O–H groups in total. The van der Waals surface area contributed by atoms with Gasteiger partial charge in [-0.25, -0.2) is 5.01 Å². The Bertz CT molecular complexity index is 366. The number of nitrogens with one attached hydrogen (secondary N) is 3. The van der Waals surface area contributed by atoms with Gasteiger partial charge in [-0.15, -0.1) is 0 Å². The predicted octanol–water partition coefficient (Wildman–Crippen LogP) is 0.272. The maximum Gasteiger partial charge on any atom is 0.269 e. The van der Waals surface area contributed by atoms with Crippen LogP contribution < -0.4 is 16.3 Å². The molecule has 0 aliphatic carbocycles. The molecule has 0 saturated carbocycles. The minimum absolute atomic E-state index is 0.233. The highest BCUT2D eigenvalue weighted by Crippen LogP contribution is 1.96. The molecule has 0 fully saturated rings. The maximum atomic E-state index is 11.6. The number of carbonyl (C=O) groups is 1. The number of benzene rings is 1. The number of hydrogen-bond donors (Lipinski definition) is 3. The number of amides is 1. The molecule has 1 aromatic rings. The minimum atomic E-state index is -0.233. The third-order valence-corrected chi connectivity index (χ3v) is 1.84. The first-order valence-corrected chi connectivity index (χ1v) is 5.10. The van der Waals surface area contributed by atoms with Crippen LogP contribution in [0, 0.1) is 0 Å². The summed E-state index contributed by atoms with van der Waals surface area (Å²) in [5.41, 5.74) is 8.44.